The van der Waals surface area contributed by atoms with E-state index in [1.54, 1.807) is 13.2 Å². The van der Waals surface area contributed by atoms with Crippen LogP contribution in [0.4, 0.5) is 5.82 Å². The van der Waals surface area contributed by atoms with Gasteiger partial charge in [-0.2, -0.15) is 0 Å². The van der Waals surface area contributed by atoms with Crippen molar-refractivity contribution in [2.45, 2.75) is 38.0 Å². The fourth-order valence-electron chi connectivity index (χ4n) is 3.55. The predicted octanol–water partition coefficient (Wildman–Crippen LogP) is 2.12. The van der Waals surface area contributed by atoms with Gasteiger partial charge in [0.2, 0.25) is 12.0 Å². The molecule has 0 radical (unpaired) electrons. The van der Waals surface area contributed by atoms with Gasteiger partial charge in [-0.3, -0.25) is 4.79 Å². The summed E-state index contributed by atoms with van der Waals surface area (Å²) in [5.41, 5.74) is 0. The van der Waals surface area contributed by atoms with Gasteiger partial charge < -0.3 is 24.4 Å². The van der Waals surface area contributed by atoms with Gasteiger partial charge in [0.15, 0.2) is 11.5 Å². The number of likely N-dealkylation sites (tertiary alicyclic amines) is 1. The second-order valence-corrected chi connectivity index (χ2v) is 7.00. The lowest BCUT2D eigenvalue weighted by molar-refractivity contribution is -0.145. The van der Waals surface area contributed by atoms with E-state index >= 15 is 0 Å². The molecule has 8 nitrogen and oxygen atoms in total. The van der Waals surface area contributed by atoms with E-state index in [1.807, 2.05) is 36.1 Å². The van der Waals surface area contributed by atoms with Crippen molar-refractivity contribution in [2.75, 3.05) is 25.5 Å². The lowest BCUT2D eigenvalue weighted by Gasteiger charge is -2.37. The monoisotopic (exact) mass is 384 g/mol. The summed E-state index contributed by atoms with van der Waals surface area (Å²) in [6.07, 6.45) is 2.18. The summed E-state index contributed by atoms with van der Waals surface area (Å²) in [5, 5.41) is 3.39. The van der Waals surface area contributed by atoms with Gasteiger partial charge >= 0.3 is 0 Å². The Kier molecular flexibility index (Phi) is 5.18. The minimum Gasteiger partial charge on any atom is -0.482 e. The zero-order valence-electron chi connectivity index (χ0n) is 16.0. The summed E-state index contributed by atoms with van der Waals surface area (Å²) in [6, 6.07) is 9.45. The predicted molar refractivity (Wildman–Crippen MR) is 103 cm³/mol. The molecule has 1 aromatic heterocycles. The number of ether oxygens (including phenoxy) is 3. The SMILES string of the molecule is COc1cc(NC2CCN(C(=O)C3Oc4ccccc4OC3C)CC2)ncn1. The average Bonchev–Trinajstić information content (AvgIpc) is 2.73. The van der Waals surface area contributed by atoms with Crippen molar-refractivity contribution in [3.63, 3.8) is 0 Å². The van der Waals surface area contributed by atoms with Crippen molar-refractivity contribution < 1.29 is 19.0 Å². The number of amides is 1. The highest BCUT2D eigenvalue weighted by Gasteiger charge is 2.37. The van der Waals surface area contributed by atoms with Gasteiger partial charge in [-0.25, -0.2) is 9.97 Å². The van der Waals surface area contributed by atoms with E-state index in [1.165, 1.54) is 6.33 Å². The third-order valence-electron chi connectivity index (χ3n) is 5.10. The molecule has 2 aliphatic heterocycles. The molecule has 2 unspecified atom stereocenters. The van der Waals surface area contributed by atoms with Crippen LogP contribution in [0, 0.1) is 0 Å². The number of piperidine rings is 1. The normalized spacial score (nSPS) is 21.9. The molecule has 28 heavy (non-hydrogen) atoms. The lowest BCUT2D eigenvalue weighted by atomic mass is 10.0. The number of nitrogens with one attached hydrogen (secondary N) is 1. The third kappa shape index (κ3) is 3.81. The van der Waals surface area contributed by atoms with E-state index < -0.39 is 6.10 Å². The molecule has 148 valence electrons. The number of carbonyl (C=O) groups excluding carboxylic acids is 1. The van der Waals surface area contributed by atoms with Crippen molar-refractivity contribution in [3.05, 3.63) is 36.7 Å². The van der Waals surface area contributed by atoms with E-state index in [9.17, 15) is 4.79 Å². The molecule has 8 heteroatoms. The molecule has 0 aliphatic carbocycles. The summed E-state index contributed by atoms with van der Waals surface area (Å²) in [4.78, 5) is 23.1. The van der Waals surface area contributed by atoms with E-state index in [0.29, 0.717) is 30.5 Å². The summed E-state index contributed by atoms with van der Waals surface area (Å²) < 4.78 is 16.9. The summed E-state index contributed by atoms with van der Waals surface area (Å²) >= 11 is 0. The van der Waals surface area contributed by atoms with Crippen molar-refractivity contribution in [1.82, 2.24) is 14.9 Å². The molecule has 1 saturated heterocycles. The van der Waals surface area contributed by atoms with E-state index in [0.717, 1.165) is 18.7 Å². The van der Waals surface area contributed by atoms with Crippen LogP contribution in [-0.4, -0.2) is 59.2 Å². The fourth-order valence-corrected chi connectivity index (χ4v) is 3.55. The highest BCUT2D eigenvalue weighted by atomic mass is 16.6. The first-order valence-electron chi connectivity index (χ1n) is 9.48. The topological polar surface area (TPSA) is 85.8 Å². The molecular weight excluding hydrogens is 360 g/mol. The Balaban J connectivity index is 1.34. The van der Waals surface area contributed by atoms with Crippen LogP contribution < -0.4 is 19.5 Å². The highest BCUT2D eigenvalue weighted by molar-refractivity contribution is 5.82. The molecule has 0 saturated carbocycles. The Morgan fingerprint density at radius 1 is 1.18 bits per heavy atom. The minimum absolute atomic E-state index is 0.0239. The molecule has 2 aromatic rings. The number of aromatic nitrogens is 2. The molecule has 1 N–H and O–H groups in total. The number of nitrogens with zero attached hydrogens (tertiary/aromatic N) is 3. The second kappa shape index (κ2) is 7.92. The molecule has 2 atom stereocenters. The van der Waals surface area contributed by atoms with Crippen molar-refractivity contribution in [2.24, 2.45) is 0 Å². The third-order valence-corrected chi connectivity index (χ3v) is 5.10. The summed E-state index contributed by atoms with van der Waals surface area (Å²) in [6.45, 7) is 3.19. The Labute approximate surface area is 163 Å². The van der Waals surface area contributed by atoms with Crippen molar-refractivity contribution in [3.8, 4) is 17.4 Å². The van der Waals surface area contributed by atoms with Crippen LogP contribution in [0.5, 0.6) is 17.4 Å². The van der Waals surface area contributed by atoms with E-state index in [-0.39, 0.29) is 18.1 Å². The smallest absolute Gasteiger partial charge is 0.267 e. The van der Waals surface area contributed by atoms with Gasteiger partial charge in [-0.05, 0) is 31.9 Å². The zero-order valence-corrected chi connectivity index (χ0v) is 16.0. The van der Waals surface area contributed by atoms with Crippen molar-refractivity contribution >= 4 is 11.7 Å². The van der Waals surface area contributed by atoms with Crippen molar-refractivity contribution in [1.29, 1.82) is 0 Å². The maximum Gasteiger partial charge on any atom is 0.267 e. The van der Waals surface area contributed by atoms with Gasteiger partial charge in [0, 0.05) is 25.2 Å². The average molecular weight is 384 g/mol. The first kappa shape index (κ1) is 18.3. The van der Waals surface area contributed by atoms with E-state index in [2.05, 4.69) is 15.3 Å². The Bertz CT molecular complexity index is 838. The summed E-state index contributed by atoms with van der Waals surface area (Å²) in [5.74, 6) is 2.53. The van der Waals surface area contributed by atoms with Crippen LogP contribution in [-0.2, 0) is 4.79 Å². The van der Waals surface area contributed by atoms with Gasteiger partial charge in [0.1, 0.15) is 18.2 Å². The number of hydrogen-bond donors (Lipinski definition) is 1. The molecular formula is C20H24N4O4. The standard InChI is InChI=1S/C20H24N4O4/c1-13-19(28-16-6-4-3-5-15(16)27-13)20(25)24-9-7-14(8-10-24)23-17-11-18(26-2)22-12-21-17/h3-6,11-14,19H,7-10H2,1-2H3,(H,21,22,23). The van der Waals surface area contributed by atoms with Crippen LogP contribution in [0.2, 0.25) is 0 Å². The number of fused-ring (bicyclic) bond motifs is 1. The van der Waals surface area contributed by atoms with Crippen LogP contribution >= 0.6 is 0 Å². The number of carbonyl (C=O) groups is 1. The molecule has 3 heterocycles. The highest BCUT2D eigenvalue weighted by Crippen LogP contribution is 2.34. The van der Waals surface area contributed by atoms with Gasteiger partial charge in [-0.15, -0.1) is 0 Å². The van der Waals surface area contributed by atoms with Crippen LogP contribution in [0.15, 0.2) is 36.7 Å². The molecule has 0 bridgehead atoms. The number of hydrogen-bond acceptors (Lipinski definition) is 7. The molecule has 1 amide bonds. The Hall–Kier alpha value is -3.03. The summed E-state index contributed by atoms with van der Waals surface area (Å²) in [7, 11) is 1.58. The molecule has 1 fully saturated rings. The Morgan fingerprint density at radius 2 is 1.89 bits per heavy atom. The lowest BCUT2D eigenvalue weighted by Crippen LogP contribution is -2.53. The molecule has 1 aromatic carbocycles. The fraction of sp³-hybridized carbons (Fsp3) is 0.450. The van der Waals surface area contributed by atoms with Crippen LogP contribution in [0.25, 0.3) is 0 Å². The van der Waals surface area contributed by atoms with Gasteiger partial charge in [0.05, 0.1) is 7.11 Å². The number of rotatable bonds is 4. The first-order valence-corrected chi connectivity index (χ1v) is 9.48. The molecule has 0 spiro atoms. The second-order valence-electron chi connectivity index (χ2n) is 7.00. The van der Waals surface area contributed by atoms with Crippen LogP contribution in [0.3, 0.4) is 0 Å². The van der Waals surface area contributed by atoms with Gasteiger partial charge in [0.25, 0.3) is 5.91 Å². The zero-order chi connectivity index (χ0) is 19.5. The largest absolute Gasteiger partial charge is 0.482 e. The molecule has 4 rings (SSSR count). The molecule has 2 aliphatic rings. The number of methoxy groups -OCH3 is 1. The minimum atomic E-state index is -0.620. The van der Waals surface area contributed by atoms with Gasteiger partial charge in [-0.1, -0.05) is 12.1 Å². The maximum atomic E-state index is 13.0. The number of para-hydroxylation sites is 2. The number of benzene rings is 1. The quantitative estimate of drug-likeness (QED) is 0.864. The Morgan fingerprint density at radius 3 is 2.61 bits per heavy atom. The number of anilines is 1. The first-order chi connectivity index (χ1) is 13.6. The maximum absolute atomic E-state index is 13.0. The van der Waals surface area contributed by atoms with Crippen LogP contribution in [0.1, 0.15) is 19.8 Å². The van der Waals surface area contributed by atoms with E-state index in [4.69, 9.17) is 14.2 Å².